The molecule has 1 amide bonds. The third kappa shape index (κ3) is 4.38. The number of fused-ring (bicyclic) bond motifs is 1. The Balaban J connectivity index is 1.43. The molecule has 1 saturated heterocycles. The van der Waals surface area contributed by atoms with Gasteiger partial charge in [-0.1, -0.05) is 42.5 Å². The molecule has 2 heterocycles. The molecule has 140 valence electrons. The lowest BCUT2D eigenvalue weighted by Gasteiger charge is -2.34. The number of nitrogens with zero attached hydrogens (tertiary/aromatic N) is 1. The van der Waals surface area contributed by atoms with E-state index in [4.69, 9.17) is 4.74 Å². The lowest BCUT2D eigenvalue weighted by Crippen LogP contribution is -2.43. The normalized spacial score (nSPS) is 16.3. The van der Waals surface area contributed by atoms with E-state index in [0.29, 0.717) is 13.0 Å². The first kappa shape index (κ1) is 18.2. The minimum absolute atomic E-state index is 0.0693. The van der Waals surface area contributed by atoms with Gasteiger partial charge in [-0.15, -0.1) is 0 Å². The van der Waals surface area contributed by atoms with Crippen molar-refractivity contribution in [2.45, 2.75) is 12.5 Å². The van der Waals surface area contributed by atoms with Gasteiger partial charge in [-0.3, -0.25) is 9.69 Å². The Morgan fingerprint density at radius 3 is 2.74 bits per heavy atom. The van der Waals surface area contributed by atoms with Gasteiger partial charge in [0.25, 0.3) is 0 Å². The number of rotatable bonds is 6. The average Bonchev–Trinajstić information content (AvgIpc) is 3.24. The van der Waals surface area contributed by atoms with Gasteiger partial charge in [0, 0.05) is 19.6 Å². The van der Waals surface area contributed by atoms with Gasteiger partial charge in [0.1, 0.15) is 0 Å². The van der Waals surface area contributed by atoms with Gasteiger partial charge < -0.3 is 10.1 Å². The van der Waals surface area contributed by atoms with Crippen LogP contribution in [0.1, 0.15) is 17.2 Å². The van der Waals surface area contributed by atoms with Gasteiger partial charge in [-0.05, 0) is 38.7 Å². The van der Waals surface area contributed by atoms with Crippen LogP contribution in [0.3, 0.4) is 0 Å². The van der Waals surface area contributed by atoms with Gasteiger partial charge in [-0.2, -0.15) is 11.3 Å². The van der Waals surface area contributed by atoms with Crippen molar-refractivity contribution in [3.63, 3.8) is 0 Å². The molecule has 0 bridgehead atoms. The molecule has 3 aromatic rings. The monoisotopic (exact) mass is 380 g/mol. The fraction of sp³-hybridized carbons (Fsp3) is 0.318. The van der Waals surface area contributed by atoms with Crippen LogP contribution in [-0.4, -0.2) is 43.7 Å². The van der Waals surface area contributed by atoms with Crippen LogP contribution in [0, 0.1) is 0 Å². The Morgan fingerprint density at radius 2 is 1.93 bits per heavy atom. The first-order chi connectivity index (χ1) is 13.3. The number of ether oxygens (including phenoxy) is 1. The summed E-state index contributed by atoms with van der Waals surface area (Å²) in [5.41, 5.74) is 2.34. The molecule has 5 heteroatoms. The van der Waals surface area contributed by atoms with E-state index in [0.717, 1.165) is 37.3 Å². The van der Waals surface area contributed by atoms with Crippen molar-refractivity contribution in [2.75, 3.05) is 32.8 Å². The molecule has 0 spiro atoms. The first-order valence-corrected chi connectivity index (χ1v) is 10.3. The van der Waals surface area contributed by atoms with E-state index in [1.54, 1.807) is 11.3 Å². The predicted octanol–water partition coefficient (Wildman–Crippen LogP) is 3.63. The summed E-state index contributed by atoms with van der Waals surface area (Å²) in [4.78, 5) is 15.1. The number of carbonyl (C=O) groups excluding carboxylic acids is 1. The highest BCUT2D eigenvalue weighted by Crippen LogP contribution is 2.24. The maximum absolute atomic E-state index is 12.7. The molecule has 1 N–H and O–H groups in total. The molecule has 0 saturated carbocycles. The van der Waals surface area contributed by atoms with E-state index in [1.165, 1.54) is 10.9 Å². The first-order valence-electron chi connectivity index (χ1n) is 9.38. The molecular formula is C22H24N2O2S. The van der Waals surface area contributed by atoms with Gasteiger partial charge in [-0.25, -0.2) is 0 Å². The number of hydrogen-bond donors (Lipinski definition) is 1. The summed E-state index contributed by atoms with van der Waals surface area (Å²) in [6.45, 7) is 3.94. The van der Waals surface area contributed by atoms with Crippen molar-refractivity contribution in [1.82, 2.24) is 10.2 Å². The lowest BCUT2D eigenvalue weighted by molar-refractivity contribution is -0.120. The zero-order valence-corrected chi connectivity index (χ0v) is 16.1. The number of benzene rings is 2. The fourth-order valence-electron chi connectivity index (χ4n) is 3.70. The molecule has 4 nitrogen and oxygen atoms in total. The molecule has 1 atom stereocenters. The van der Waals surface area contributed by atoms with Crippen LogP contribution >= 0.6 is 11.3 Å². The van der Waals surface area contributed by atoms with Crippen molar-refractivity contribution in [3.05, 3.63) is 70.4 Å². The van der Waals surface area contributed by atoms with Crippen LogP contribution in [0.25, 0.3) is 10.8 Å². The standard InChI is InChI=1S/C22H24N2O2S/c25-22(14-18-6-3-5-17-4-1-2-7-20(17)18)23-15-21(19-8-13-27-16-19)24-9-11-26-12-10-24/h1-8,13,16,21H,9-12,14-15H2,(H,23,25). The van der Waals surface area contributed by atoms with Crippen molar-refractivity contribution < 1.29 is 9.53 Å². The van der Waals surface area contributed by atoms with Gasteiger partial charge in [0.05, 0.1) is 25.7 Å². The number of nitrogens with one attached hydrogen (secondary N) is 1. The van der Waals surface area contributed by atoms with Gasteiger partial charge in [0.15, 0.2) is 0 Å². The number of thiophene rings is 1. The molecule has 1 aromatic heterocycles. The summed E-state index contributed by atoms with van der Waals surface area (Å²) in [7, 11) is 0. The van der Waals surface area contributed by atoms with Crippen LogP contribution in [0.2, 0.25) is 0 Å². The summed E-state index contributed by atoms with van der Waals surface area (Å²) in [6.07, 6.45) is 0.404. The largest absolute Gasteiger partial charge is 0.379 e. The highest BCUT2D eigenvalue weighted by atomic mass is 32.1. The zero-order valence-electron chi connectivity index (χ0n) is 15.3. The van der Waals surface area contributed by atoms with E-state index in [-0.39, 0.29) is 11.9 Å². The van der Waals surface area contributed by atoms with Crippen LogP contribution in [0.4, 0.5) is 0 Å². The summed E-state index contributed by atoms with van der Waals surface area (Å²) >= 11 is 1.70. The quantitative estimate of drug-likeness (QED) is 0.710. The average molecular weight is 381 g/mol. The second-order valence-electron chi connectivity index (χ2n) is 6.84. The fourth-order valence-corrected chi connectivity index (χ4v) is 4.41. The van der Waals surface area contributed by atoms with Crippen molar-refractivity contribution in [1.29, 1.82) is 0 Å². The van der Waals surface area contributed by atoms with Crippen LogP contribution in [0.5, 0.6) is 0 Å². The van der Waals surface area contributed by atoms with E-state index in [2.05, 4.69) is 45.2 Å². The molecule has 0 aliphatic carbocycles. The number of hydrogen-bond acceptors (Lipinski definition) is 4. The van der Waals surface area contributed by atoms with E-state index in [9.17, 15) is 4.79 Å². The van der Waals surface area contributed by atoms with E-state index in [1.807, 2.05) is 24.3 Å². The van der Waals surface area contributed by atoms with Crippen LogP contribution < -0.4 is 5.32 Å². The Hall–Kier alpha value is -2.21. The Morgan fingerprint density at radius 1 is 1.11 bits per heavy atom. The molecular weight excluding hydrogens is 356 g/mol. The third-order valence-electron chi connectivity index (χ3n) is 5.14. The minimum atomic E-state index is 0.0693. The molecule has 4 rings (SSSR count). The minimum Gasteiger partial charge on any atom is -0.379 e. The number of carbonyl (C=O) groups is 1. The molecule has 27 heavy (non-hydrogen) atoms. The molecule has 0 radical (unpaired) electrons. The maximum Gasteiger partial charge on any atom is 0.224 e. The summed E-state index contributed by atoms with van der Waals surface area (Å²) in [6, 6.07) is 16.7. The highest BCUT2D eigenvalue weighted by molar-refractivity contribution is 7.07. The summed E-state index contributed by atoms with van der Waals surface area (Å²) in [5, 5.41) is 9.76. The second kappa shape index (κ2) is 8.65. The number of morpholine rings is 1. The molecule has 1 fully saturated rings. The summed E-state index contributed by atoms with van der Waals surface area (Å²) in [5.74, 6) is 0.0693. The second-order valence-corrected chi connectivity index (χ2v) is 7.62. The maximum atomic E-state index is 12.7. The number of amides is 1. The molecule has 1 aliphatic rings. The molecule has 1 unspecified atom stereocenters. The van der Waals surface area contributed by atoms with E-state index >= 15 is 0 Å². The van der Waals surface area contributed by atoms with Crippen LogP contribution in [-0.2, 0) is 16.0 Å². The van der Waals surface area contributed by atoms with Crippen LogP contribution in [0.15, 0.2) is 59.3 Å². The SMILES string of the molecule is O=C(Cc1cccc2ccccc12)NCC(c1ccsc1)N1CCOCC1. The van der Waals surface area contributed by atoms with Gasteiger partial charge >= 0.3 is 0 Å². The van der Waals surface area contributed by atoms with Crippen molar-refractivity contribution in [3.8, 4) is 0 Å². The Bertz CT molecular complexity index is 883. The third-order valence-corrected chi connectivity index (χ3v) is 5.84. The van der Waals surface area contributed by atoms with Gasteiger partial charge in [0.2, 0.25) is 5.91 Å². The smallest absolute Gasteiger partial charge is 0.224 e. The topological polar surface area (TPSA) is 41.6 Å². The zero-order chi connectivity index (χ0) is 18.5. The molecule has 2 aromatic carbocycles. The highest BCUT2D eigenvalue weighted by Gasteiger charge is 2.23. The summed E-state index contributed by atoms with van der Waals surface area (Å²) < 4.78 is 5.49. The van der Waals surface area contributed by atoms with Crippen molar-refractivity contribution in [2.24, 2.45) is 0 Å². The Labute approximate surface area is 163 Å². The predicted molar refractivity (Wildman–Crippen MR) is 110 cm³/mol. The van der Waals surface area contributed by atoms with E-state index < -0.39 is 0 Å². The van der Waals surface area contributed by atoms with Crippen molar-refractivity contribution >= 4 is 28.0 Å². The lowest BCUT2D eigenvalue weighted by atomic mass is 10.0. The molecule has 1 aliphatic heterocycles. The Kier molecular flexibility index (Phi) is 5.82.